The molecule has 0 amide bonds. The van der Waals surface area contributed by atoms with Crippen LogP contribution < -0.4 is 0 Å². The van der Waals surface area contributed by atoms with Crippen molar-refractivity contribution in [2.24, 2.45) is 0 Å². The fraction of sp³-hybridized carbons (Fsp3) is 0.636. The van der Waals surface area contributed by atoms with Gasteiger partial charge in [0.05, 0.1) is 13.0 Å². The third-order valence-electron chi connectivity index (χ3n) is 2.80. The van der Waals surface area contributed by atoms with Crippen molar-refractivity contribution >= 4 is 5.97 Å². The van der Waals surface area contributed by atoms with Gasteiger partial charge >= 0.3 is 5.97 Å². The maximum Gasteiger partial charge on any atom is 0.303 e. The average molecular weight is 224 g/mol. The van der Waals surface area contributed by atoms with Gasteiger partial charge in [0, 0.05) is 24.4 Å². The van der Waals surface area contributed by atoms with Gasteiger partial charge in [-0.2, -0.15) is 0 Å². The Morgan fingerprint density at radius 3 is 3.25 bits per heavy atom. The Kier molecular flexibility index (Phi) is 3.56. The minimum absolute atomic E-state index is 0.142. The van der Waals surface area contributed by atoms with E-state index in [1.54, 1.807) is 6.20 Å². The first-order valence-corrected chi connectivity index (χ1v) is 5.59. The number of H-pyrrole nitrogens is 1. The van der Waals surface area contributed by atoms with Gasteiger partial charge in [0.15, 0.2) is 0 Å². The van der Waals surface area contributed by atoms with Crippen LogP contribution in [0.4, 0.5) is 0 Å². The summed E-state index contributed by atoms with van der Waals surface area (Å²) >= 11 is 0. The van der Waals surface area contributed by atoms with Gasteiger partial charge in [-0.05, 0) is 19.3 Å². The van der Waals surface area contributed by atoms with Crippen molar-refractivity contribution in [2.45, 2.75) is 31.6 Å². The molecule has 1 saturated heterocycles. The van der Waals surface area contributed by atoms with Crippen LogP contribution in [-0.2, 0) is 16.0 Å². The number of aromatic nitrogens is 2. The van der Waals surface area contributed by atoms with Crippen molar-refractivity contribution in [1.29, 1.82) is 0 Å². The summed E-state index contributed by atoms with van der Waals surface area (Å²) in [5, 5.41) is 8.58. The van der Waals surface area contributed by atoms with E-state index in [1.165, 1.54) is 0 Å². The molecule has 1 aromatic heterocycles. The van der Waals surface area contributed by atoms with E-state index < -0.39 is 5.97 Å². The van der Waals surface area contributed by atoms with Crippen LogP contribution in [0.15, 0.2) is 6.20 Å². The van der Waals surface area contributed by atoms with Crippen molar-refractivity contribution in [2.75, 3.05) is 13.2 Å². The molecule has 5 nitrogen and oxygen atoms in total. The Labute approximate surface area is 93.8 Å². The van der Waals surface area contributed by atoms with Crippen LogP contribution >= 0.6 is 0 Å². The molecule has 1 fully saturated rings. The van der Waals surface area contributed by atoms with Gasteiger partial charge in [-0.25, -0.2) is 4.98 Å². The van der Waals surface area contributed by atoms with Crippen molar-refractivity contribution < 1.29 is 14.6 Å². The van der Waals surface area contributed by atoms with E-state index in [-0.39, 0.29) is 6.42 Å². The number of hydrogen-bond donors (Lipinski definition) is 2. The molecule has 0 aromatic carbocycles. The number of ether oxygens (including phenoxy) is 1. The molecule has 0 bridgehead atoms. The molecule has 0 saturated carbocycles. The lowest BCUT2D eigenvalue weighted by molar-refractivity contribution is -0.136. The molecule has 2 rings (SSSR count). The maximum atomic E-state index is 10.4. The third kappa shape index (κ3) is 2.82. The Morgan fingerprint density at radius 1 is 1.69 bits per heavy atom. The van der Waals surface area contributed by atoms with Gasteiger partial charge in [-0.15, -0.1) is 0 Å². The molecule has 88 valence electrons. The van der Waals surface area contributed by atoms with Crippen LogP contribution in [0, 0.1) is 0 Å². The topological polar surface area (TPSA) is 75.2 Å². The van der Waals surface area contributed by atoms with Crippen molar-refractivity contribution in [3.05, 3.63) is 17.7 Å². The second-order valence-electron chi connectivity index (χ2n) is 4.10. The van der Waals surface area contributed by atoms with Gasteiger partial charge in [-0.1, -0.05) is 0 Å². The first-order valence-electron chi connectivity index (χ1n) is 5.59. The molecule has 2 heterocycles. The lowest BCUT2D eigenvalue weighted by atomic mass is 10.0. The zero-order valence-electron chi connectivity index (χ0n) is 9.11. The highest BCUT2D eigenvalue weighted by Gasteiger charge is 2.18. The first kappa shape index (κ1) is 11.1. The van der Waals surface area contributed by atoms with Gasteiger partial charge in [-0.3, -0.25) is 4.79 Å². The summed E-state index contributed by atoms with van der Waals surface area (Å²) in [5.74, 6) is 0.490. The van der Waals surface area contributed by atoms with E-state index in [9.17, 15) is 4.79 Å². The Morgan fingerprint density at radius 2 is 2.56 bits per heavy atom. The second-order valence-corrected chi connectivity index (χ2v) is 4.10. The molecule has 1 aliphatic rings. The van der Waals surface area contributed by atoms with Gasteiger partial charge in [0.25, 0.3) is 0 Å². The van der Waals surface area contributed by atoms with Crippen LogP contribution in [0.5, 0.6) is 0 Å². The standard InChI is InChI=1S/C11H16N2O3/c14-10(15)4-3-9-6-12-11(13-9)8-2-1-5-16-7-8/h6,8H,1-5,7H2,(H,12,13)(H,14,15). The lowest BCUT2D eigenvalue weighted by Crippen LogP contribution is -2.16. The number of carbonyl (C=O) groups is 1. The van der Waals surface area contributed by atoms with Crippen LogP contribution in [-0.4, -0.2) is 34.3 Å². The molecule has 0 aliphatic carbocycles. The number of nitrogens with zero attached hydrogens (tertiary/aromatic N) is 1. The molecular weight excluding hydrogens is 208 g/mol. The minimum Gasteiger partial charge on any atom is -0.481 e. The largest absolute Gasteiger partial charge is 0.481 e. The van der Waals surface area contributed by atoms with E-state index in [2.05, 4.69) is 9.97 Å². The third-order valence-corrected chi connectivity index (χ3v) is 2.80. The normalized spacial score (nSPS) is 20.9. The zero-order chi connectivity index (χ0) is 11.4. The highest BCUT2D eigenvalue weighted by molar-refractivity contribution is 5.66. The average Bonchev–Trinajstić information content (AvgIpc) is 2.76. The molecule has 1 aromatic rings. The molecule has 16 heavy (non-hydrogen) atoms. The lowest BCUT2D eigenvalue weighted by Gasteiger charge is -2.19. The zero-order valence-corrected chi connectivity index (χ0v) is 9.11. The predicted octanol–water partition coefficient (Wildman–Crippen LogP) is 1.32. The van der Waals surface area contributed by atoms with Gasteiger partial charge < -0.3 is 14.8 Å². The van der Waals surface area contributed by atoms with E-state index in [1.807, 2.05) is 0 Å². The van der Waals surface area contributed by atoms with Crippen molar-refractivity contribution in [1.82, 2.24) is 9.97 Å². The van der Waals surface area contributed by atoms with E-state index in [0.717, 1.165) is 31.0 Å². The number of carboxylic acid groups (broad SMARTS) is 1. The maximum absolute atomic E-state index is 10.4. The highest BCUT2D eigenvalue weighted by atomic mass is 16.5. The Bertz CT molecular complexity index is 356. The number of imidazole rings is 1. The fourth-order valence-electron chi connectivity index (χ4n) is 1.91. The van der Waals surface area contributed by atoms with Crippen LogP contribution in [0.1, 0.15) is 36.7 Å². The predicted molar refractivity (Wildman–Crippen MR) is 57.3 cm³/mol. The highest BCUT2D eigenvalue weighted by Crippen LogP contribution is 2.22. The summed E-state index contributed by atoms with van der Waals surface area (Å²) in [5.41, 5.74) is 0.892. The molecule has 5 heteroatoms. The molecule has 0 spiro atoms. The van der Waals surface area contributed by atoms with E-state index in [0.29, 0.717) is 18.9 Å². The van der Waals surface area contributed by atoms with E-state index >= 15 is 0 Å². The molecule has 0 radical (unpaired) electrons. The number of rotatable bonds is 4. The summed E-state index contributed by atoms with van der Waals surface area (Å²) in [6, 6.07) is 0. The van der Waals surface area contributed by atoms with Gasteiger partial charge in [0.1, 0.15) is 5.82 Å². The second kappa shape index (κ2) is 5.12. The monoisotopic (exact) mass is 224 g/mol. The molecular formula is C11H16N2O3. The molecule has 1 atom stereocenters. The number of aliphatic carboxylic acids is 1. The fourth-order valence-corrected chi connectivity index (χ4v) is 1.91. The summed E-state index contributed by atoms with van der Waals surface area (Å²) in [4.78, 5) is 17.9. The summed E-state index contributed by atoms with van der Waals surface area (Å²) in [6.45, 7) is 1.55. The Hall–Kier alpha value is -1.36. The SMILES string of the molecule is O=C(O)CCc1cnc(C2CCCOC2)[nH]1. The van der Waals surface area contributed by atoms with Gasteiger partial charge in [0.2, 0.25) is 0 Å². The number of nitrogens with one attached hydrogen (secondary N) is 1. The molecule has 1 aliphatic heterocycles. The number of aryl methyl sites for hydroxylation is 1. The van der Waals surface area contributed by atoms with Crippen molar-refractivity contribution in [3.8, 4) is 0 Å². The quantitative estimate of drug-likeness (QED) is 0.808. The Balaban J connectivity index is 1.93. The van der Waals surface area contributed by atoms with Crippen molar-refractivity contribution in [3.63, 3.8) is 0 Å². The summed E-state index contributed by atoms with van der Waals surface area (Å²) in [6.07, 6.45) is 4.54. The number of aromatic amines is 1. The van der Waals surface area contributed by atoms with Crippen LogP contribution in [0.25, 0.3) is 0 Å². The van der Waals surface area contributed by atoms with Crippen LogP contribution in [0.2, 0.25) is 0 Å². The first-order chi connectivity index (χ1) is 7.75. The number of carboxylic acids is 1. The number of hydrogen-bond acceptors (Lipinski definition) is 3. The van der Waals surface area contributed by atoms with Crippen LogP contribution in [0.3, 0.4) is 0 Å². The summed E-state index contributed by atoms with van der Waals surface area (Å²) < 4.78 is 5.39. The van der Waals surface area contributed by atoms with E-state index in [4.69, 9.17) is 9.84 Å². The smallest absolute Gasteiger partial charge is 0.303 e. The molecule has 2 N–H and O–H groups in total. The summed E-state index contributed by atoms with van der Waals surface area (Å²) in [7, 11) is 0. The molecule has 1 unspecified atom stereocenters. The minimum atomic E-state index is -0.780.